The van der Waals surface area contributed by atoms with Gasteiger partial charge in [-0.15, -0.1) is 0 Å². The topological polar surface area (TPSA) is 57.9 Å². The molecule has 4 rings (SSSR count). The molecule has 1 atom stereocenters. The van der Waals surface area contributed by atoms with E-state index in [-0.39, 0.29) is 17.5 Å². The van der Waals surface area contributed by atoms with E-state index < -0.39 is 0 Å². The summed E-state index contributed by atoms with van der Waals surface area (Å²) >= 11 is 6.72. The largest absolute Gasteiger partial charge is 0.356 e. The first-order valence-electron chi connectivity index (χ1n) is 10.5. The Bertz CT molecular complexity index is 1100. The van der Waals surface area contributed by atoms with Gasteiger partial charge in [0, 0.05) is 25.3 Å². The van der Waals surface area contributed by atoms with Gasteiger partial charge in [-0.2, -0.15) is 0 Å². The Kier molecular flexibility index (Phi) is 5.97. The first-order chi connectivity index (χ1) is 14.4. The molecular weight excluding hydrogens is 416 g/mol. The molecule has 2 aliphatic rings. The van der Waals surface area contributed by atoms with E-state index in [0.717, 1.165) is 37.9 Å². The number of carbonyl (C=O) groups is 1. The van der Waals surface area contributed by atoms with Crippen molar-refractivity contribution < 1.29 is 4.79 Å². The fraction of sp³-hybridized carbons (Fsp3) is 0.455. The molecule has 0 aromatic carbocycles. The number of hydrogen-bond donors (Lipinski definition) is 0. The van der Waals surface area contributed by atoms with Crippen molar-refractivity contribution in [1.82, 2.24) is 14.3 Å². The average Bonchev–Trinajstić information content (AvgIpc) is 3.03. The highest BCUT2D eigenvalue weighted by Crippen LogP contribution is 2.35. The number of rotatable bonds is 4. The quantitative estimate of drug-likeness (QED) is 0.527. The summed E-state index contributed by atoms with van der Waals surface area (Å²) in [5.41, 5.74) is 1.91. The minimum absolute atomic E-state index is 0.0310. The normalized spacial score (nSPS) is 19.9. The van der Waals surface area contributed by atoms with E-state index in [1.807, 2.05) is 32.9 Å². The van der Waals surface area contributed by atoms with Gasteiger partial charge >= 0.3 is 0 Å². The van der Waals surface area contributed by atoms with Gasteiger partial charge in [0.15, 0.2) is 0 Å². The molecule has 158 valence electrons. The van der Waals surface area contributed by atoms with E-state index in [2.05, 4.69) is 4.90 Å². The van der Waals surface area contributed by atoms with Gasteiger partial charge in [-0.1, -0.05) is 37.0 Å². The van der Waals surface area contributed by atoms with Crippen LogP contribution in [0.3, 0.4) is 0 Å². The van der Waals surface area contributed by atoms with Crippen molar-refractivity contribution >= 4 is 51.7 Å². The van der Waals surface area contributed by atoms with Crippen molar-refractivity contribution in [3.63, 3.8) is 0 Å². The van der Waals surface area contributed by atoms with Gasteiger partial charge in [0.1, 0.15) is 15.8 Å². The number of amides is 1. The van der Waals surface area contributed by atoms with Gasteiger partial charge in [-0.25, -0.2) is 4.98 Å². The summed E-state index contributed by atoms with van der Waals surface area (Å²) in [6.07, 6.45) is 7.59. The first kappa shape index (κ1) is 21.1. The van der Waals surface area contributed by atoms with Gasteiger partial charge in [0.05, 0.1) is 10.5 Å². The van der Waals surface area contributed by atoms with E-state index in [0.29, 0.717) is 26.3 Å². The minimum Gasteiger partial charge on any atom is -0.356 e. The molecule has 0 spiro atoms. The number of nitrogens with zero attached hydrogens (tertiary/aromatic N) is 4. The predicted molar refractivity (Wildman–Crippen MR) is 127 cm³/mol. The molecule has 1 amide bonds. The van der Waals surface area contributed by atoms with Crippen molar-refractivity contribution in [3.05, 3.63) is 44.7 Å². The van der Waals surface area contributed by atoms with E-state index in [1.54, 1.807) is 21.6 Å². The van der Waals surface area contributed by atoms with Crippen LogP contribution in [-0.4, -0.2) is 43.6 Å². The van der Waals surface area contributed by atoms with Crippen LogP contribution in [-0.2, 0) is 4.79 Å². The highest BCUT2D eigenvalue weighted by molar-refractivity contribution is 8.26. The van der Waals surface area contributed by atoms with Crippen LogP contribution in [0.1, 0.15) is 50.7 Å². The number of pyridine rings is 1. The lowest BCUT2D eigenvalue weighted by Gasteiger charge is -2.29. The van der Waals surface area contributed by atoms with Crippen molar-refractivity contribution in [2.24, 2.45) is 0 Å². The lowest BCUT2D eigenvalue weighted by Crippen LogP contribution is -2.36. The van der Waals surface area contributed by atoms with Crippen molar-refractivity contribution in [1.29, 1.82) is 0 Å². The summed E-state index contributed by atoms with van der Waals surface area (Å²) < 4.78 is 2.12. The molecule has 6 nitrogen and oxygen atoms in total. The summed E-state index contributed by atoms with van der Waals surface area (Å²) in [7, 11) is 0. The van der Waals surface area contributed by atoms with E-state index in [4.69, 9.17) is 17.2 Å². The molecule has 2 aromatic heterocycles. The van der Waals surface area contributed by atoms with Gasteiger partial charge < -0.3 is 4.90 Å². The molecule has 0 saturated carbocycles. The van der Waals surface area contributed by atoms with Crippen LogP contribution in [0.15, 0.2) is 28.0 Å². The Morgan fingerprint density at radius 3 is 2.70 bits per heavy atom. The van der Waals surface area contributed by atoms with Crippen LogP contribution in [0.25, 0.3) is 11.7 Å². The van der Waals surface area contributed by atoms with Gasteiger partial charge in [0.25, 0.3) is 11.5 Å². The number of aromatic nitrogens is 2. The number of hydrogen-bond acceptors (Lipinski definition) is 6. The summed E-state index contributed by atoms with van der Waals surface area (Å²) in [4.78, 5) is 35.7. The Hall–Kier alpha value is -2.19. The fourth-order valence-corrected chi connectivity index (χ4v) is 5.39. The van der Waals surface area contributed by atoms with Crippen LogP contribution >= 0.6 is 24.0 Å². The molecule has 0 radical (unpaired) electrons. The van der Waals surface area contributed by atoms with Crippen molar-refractivity contribution in [3.8, 4) is 0 Å². The summed E-state index contributed by atoms with van der Waals surface area (Å²) in [5.74, 6) is 0.542. The third kappa shape index (κ3) is 3.67. The molecule has 30 heavy (non-hydrogen) atoms. The van der Waals surface area contributed by atoms with Crippen LogP contribution in [0, 0.1) is 6.92 Å². The number of carbonyl (C=O) groups excluding carboxylic acids is 1. The lowest BCUT2D eigenvalue weighted by atomic mass is 10.1. The summed E-state index contributed by atoms with van der Waals surface area (Å²) in [6.45, 7) is 7.70. The maximum absolute atomic E-state index is 13.5. The Balaban J connectivity index is 1.88. The lowest BCUT2D eigenvalue weighted by molar-refractivity contribution is -0.123. The highest BCUT2D eigenvalue weighted by Gasteiger charge is 2.35. The van der Waals surface area contributed by atoms with Crippen LogP contribution in [0.5, 0.6) is 0 Å². The Labute approximate surface area is 186 Å². The highest BCUT2D eigenvalue weighted by atomic mass is 32.2. The fourth-order valence-electron chi connectivity index (χ4n) is 3.95. The standard InChI is InChI=1S/C22H26N4O2S2/c1-4-15(3)26-21(28)17(30-22(26)29)13-16-19(24-10-6-5-7-11-24)23-18-14(2)9-8-12-25(18)20(16)27/h8-9,12-13,15H,4-7,10-11H2,1-3H3/b17-13-. The maximum atomic E-state index is 13.5. The second kappa shape index (κ2) is 8.51. The summed E-state index contributed by atoms with van der Waals surface area (Å²) in [6, 6.07) is 3.83. The molecule has 8 heteroatoms. The second-order valence-corrected chi connectivity index (χ2v) is 9.57. The Morgan fingerprint density at radius 1 is 1.27 bits per heavy atom. The van der Waals surface area contributed by atoms with Gasteiger partial charge in [-0.3, -0.25) is 18.9 Å². The third-order valence-electron chi connectivity index (χ3n) is 5.85. The predicted octanol–water partition coefficient (Wildman–Crippen LogP) is 3.99. The van der Waals surface area contributed by atoms with Gasteiger partial charge in [-0.05, 0) is 57.2 Å². The summed E-state index contributed by atoms with van der Waals surface area (Å²) in [5, 5.41) is 0. The Morgan fingerprint density at radius 2 is 2.00 bits per heavy atom. The number of aryl methyl sites for hydroxylation is 1. The molecule has 2 saturated heterocycles. The number of thiocarbonyl (C=S) groups is 1. The number of piperidine rings is 1. The maximum Gasteiger partial charge on any atom is 0.267 e. The molecule has 0 aliphatic carbocycles. The zero-order valence-corrected chi connectivity index (χ0v) is 19.2. The molecule has 2 aromatic rings. The monoisotopic (exact) mass is 442 g/mol. The van der Waals surface area contributed by atoms with Crippen molar-refractivity contribution in [2.75, 3.05) is 18.0 Å². The van der Waals surface area contributed by atoms with Crippen LogP contribution < -0.4 is 10.5 Å². The molecule has 2 aliphatic heterocycles. The van der Waals surface area contributed by atoms with E-state index in [9.17, 15) is 9.59 Å². The molecular formula is C22H26N4O2S2. The third-order valence-corrected chi connectivity index (χ3v) is 7.18. The number of fused-ring (bicyclic) bond motifs is 1. The number of anilines is 1. The minimum atomic E-state index is -0.155. The van der Waals surface area contributed by atoms with E-state index >= 15 is 0 Å². The van der Waals surface area contributed by atoms with Crippen LogP contribution in [0.4, 0.5) is 5.82 Å². The van der Waals surface area contributed by atoms with Crippen LogP contribution in [0.2, 0.25) is 0 Å². The molecule has 2 fully saturated rings. The second-order valence-electron chi connectivity index (χ2n) is 7.90. The zero-order chi connectivity index (χ0) is 21.4. The average molecular weight is 443 g/mol. The van der Waals surface area contributed by atoms with Gasteiger partial charge in [0.2, 0.25) is 0 Å². The molecule has 1 unspecified atom stereocenters. The van der Waals surface area contributed by atoms with E-state index in [1.165, 1.54) is 18.2 Å². The SMILES string of the molecule is CCC(C)N1C(=O)/C(=C/c2c(N3CCCCC3)nc3c(C)cccn3c2=O)SC1=S. The molecule has 0 bridgehead atoms. The first-order valence-corrected chi connectivity index (χ1v) is 11.7. The number of thioether (sulfide) groups is 1. The van der Waals surface area contributed by atoms with Crippen molar-refractivity contribution in [2.45, 2.75) is 52.5 Å². The molecule has 0 N–H and O–H groups in total. The molecule has 4 heterocycles. The zero-order valence-electron chi connectivity index (χ0n) is 17.6. The smallest absolute Gasteiger partial charge is 0.267 e.